The monoisotopic (exact) mass is 309 g/mol. The molecule has 0 radical (unpaired) electrons. The maximum Gasteiger partial charge on any atom is 0.303 e. The quantitative estimate of drug-likeness (QED) is 0.566. The second-order valence-electron chi connectivity index (χ2n) is 3.88. The molecule has 3 nitrogen and oxygen atoms in total. The van der Waals surface area contributed by atoms with Crippen LogP contribution in [0.1, 0.15) is 25.7 Å². The van der Waals surface area contributed by atoms with E-state index in [0.717, 1.165) is 25.1 Å². The van der Waals surface area contributed by atoms with Gasteiger partial charge in [-0.25, -0.2) is 0 Å². The van der Waals surface area contributed by atoms with Crippen LogP contribution in [0.2, 0.25) is 15.1 Å². The predicted molar refractivity (Wildman–Crippen MR) is 76.1 cm³/mol. The van der Waals surface area contributed by atoms with E-state index in [1.165, 1.54) is 0 Å². The van der Waals surface area contributed by atoms with Crippen molar-refractivity contribution in [1.29, 1.82) is 0 Å². The van der Waals surface area contributed by atoms with Gasteiger partial charge in [-0.05, 0) is 25.0 Å². The van der Waals surface area contributed by atoms with Crippen molar-refractivity contribution in [1.82, 2.24) is 0 Å². The molecule has 18 heavy (non-hydrogen) atoms. The van der Waals surface area contributed by atoms with Gasteiger partial charge in [-0.2, -0.15) is 0 Å². The van der Waals surface area contributed by atoms with Crippen LogP contribution in [-0.2, 0) is 4.79 Å². The number of benzene rings is 1. The third-order valence-corrected chi connectivity index (χ3v) is 3.43. The molecule has 0 aliphatic heterocycles. The lowest BCUT2D eigenvalue weighted by molar-refractivity contribution is -0.137. The molecule has 0 fully saturated rings. The highest BCUT2D eigenvalue weighted by Gasteiger charge is 2.05. The molecule has 0 bridgehead atoms. The van der Waals surface area contributed by atoms with Gasteiger partial charge >= 0.3 is 5.97 Å². The summed E-state index contributed by atoms with van der Waals surface area (Å²) in [4.78, 5) is 10.3. The minimum atomic E-state index is -0.754. The molecule has 0 spiro atoms. The van der Waals surface area contributed by atoms with Gasteiger partial charge in [0.05, 0.1) is 20.8 Å². The van der Waals surface area contributed by atoms with Crippen LogP contribution in [0.3, 0.4) is 0 Å². The predicted octanol–water partition coefficient (Wildman–Crippen LogP) is 4.70. The highest BCUT2D eigenvalue weighted by molar-refractivity contribution is 6.44. The molecule has 6 heteroatoms. The van der Waals surface area contributed by atoms with Gasteiger partial charge in [0.25, 0.3) is 0 Å². The number of halogens is 3. The van der Waals surface area contributed by atoms with Crippen LogP contribution in [0.4, 0.5) is 5.69 Å². The number of anilines is 1. The number of carboxylic acids is 1. The van der Waals surface area contributed by atoms with E-state index in [1.807, 2.05) is 0 Å². The number of hydrogen-bond acceptors (Lipinski definition) is 2. The SMILES string of the molecule is O=C(O)CCCCCNc1cc(Cl)c(Cl)cc1Cl. The Labute approximate surface area is 121 Å². The summed E-state index contributed by atoms with van der Waals surface area (Å²) >= 11 is 17.7. The molecule has 1 aromatic rings. The van der Waals surface area contributed by atoms with Crippen LogP contribution in [-0.4, -0.2) is 17.6 Å². The van der Waals surface area contributed by atoms with E-state index in [0.29, 0.717) is 21.5 Å². The number of aliphatic carboxylic acids is 1. The molecule has 0 aliphatic rings. The third-order valence-electron chi connectivity index (χ3n) is 2.39. The molecule has 0 saturated heterocycles. The first-order valence-electron chi connectivity index (χ1n) is 5.61. The van der Waals surface area contributed by atoms with Crippen LogP contribution in [0, 0.1) is 0 Å². The van der Waals surface area contributed by atoms with Crippen molar-refractivity contribution in [2.45, 2.75) is 25.7 Å². The van der Waals surface area contributed by atoms with Crippen molar-refractivity contribution in [2.75, 3.05) is 11.9 Å². The number of carbonyl (C=O) groups is 1. The van der Waals surface area contributed by atoms with Crippen molar-refractivity contribution >= 4 is 46.5 Å². The molecule has 0 aromatic heterocycles. The lowest BCUT2D eigenvalue weighted by Crippen LogP contribution is -2.02. The number of carboxylic acid groups (broad SMARTS) is 1. The molecule has 0 aliphatic carbocycles. The topological polar surface area (TPSA) is 49.3 Å². The van der Waals surface area contributed by atoms with Crippen LogP contribution in [0.25, 0.3) is 0 Å². The van der Waals surface area contributed by atoms with Crippen molar-refractivity contribution < 1.29 is 9.90 Å². The standard InChI is InChI=1S/C12H14Cl3NO2/c13-8-6-10(15)11(7-9(8)14)16-5-3-1-2-4-12(17)18/h6-7,16H,1-5H2,(H,17,18). The molecule has 0 unspecified atom stereocenters. The molecular weight excluding hydrogens is 296 g/mol. The minimum Gasteiger partial charge on any atom is -0.481 e. The Morgan fingerprint density at radius 2 is 1.72 bits per heavy atom. The summed E-state index contributed by atoms with van der Waals surface area (Å²) in [6.45, 7) is 0.720. The molecule has 1 rings (SSSR count). The van der Waals surface area contributed by atoms with E-state index in [2.05, 4.69) is 5.32 Å². The smallest absolute Gasteiger partial charge is 0.303 e. The van der Waals surface area contributed by atoms with Crippen LogP contribution in [0.5, 0.6) is 0 Å². The van der Waals surface area contributed by atoms with Gasteiger partial charge in [-0.1, -0.05) is 41.2 Å². The van der Waals surface area contributed by atoms with Gasteiger partial charge < -0.3 is 10.4 Å². The summed E-state index contributed by atoms with van der Waals surface area (Å²) in [5.41, 5.74) is 0.740. The first-order chi connectivity index (χ1) is 8.50. The summed E-state index contributed by atoms with van der Waals surface area (Å²) in [6, 6.07) is 3.28. The summed E-state index contributed by atoms with van der Waals surface area (Å²) in [5, 5.41) is 13.0. The van der Waals surface area contributed by atoms with E-state index >= 15 is 0 Å². The number of nitrogens with one attached hydrogen (secondary N) is 1. The average molecular weight is 311 g/mol. The first-order valence-corrected chi connectivity index (χ1v) is 6.74. The fourth-order valence-electron chi connectivity index (χ4n) is 1.46. The summed E-state index contributed by atoms with van der Waals surface area (Å²) < 4.78 is 0. The highest BCUT2D eigenvalue weighted by atomic mass is 35.5. The number of rotatable bonds is 7. The lowest BCUT2D eigenvalue weighted by atomic mass is 10.2. The Balaban J connectivity index is 2.31. The maximum atomic E-state index is 10.3. The molecule has 0 amide bonds. The Hall–Kier alpha value is -0.640. The van der Waals surface area contributed by atoms with E-state index in [4.69, 9.17) is 39.9 Å². The van der Waals surface area contributed by atoms with Crippen molar-refractivity contribution in [3.8, 4) is 0 Å². The number of unbranched alkanes of at least 4 members (excludes halogenated alkanes) is 2. The van der Waals surface area contributed by atoms with Gasteiger partial charge in [0.15, 0.2) is 0 Å². The maximum absolute atomic E-state index is 10.3. The largest absolute Gasteiger partial charge is 0.481 e. The van der Waals surface area contributed by atoms with Crippen molar-refractivity contribution in [3.05, 3.63) is 27.2 Å². The zero-order chi connectivity index (χ0) is 13.5. The van der Waals surface area contributed by atoms with Crippen LogP contribution < -0.4 is 5.32 Å². The Morgan fingerprint density at radius 3 is 2.39 bits per heavy atom. The molecule has 2 N–H and O–H groups in total. The normalized spacial score (nSPS) is 10.4. The highest BCUT2D eigenvalue weighted by Crippen LogP contribution is 2.32. The van der Waals surface area contributed by atoms with Crippen LogP contribution in [0.15, 0.2) is 12.1 Å². The molecule has 0 atom stereocenters. The van der Waals surface area contributed by atoms with E-state index in [1.54, 1.807) is 12.1 Å². The Bertz CT molecular complexity index is 424. The second kappa shape index (κ2) is 7.72. The van der Waals surface area contributed by atoms with E-state index in [9.17, 15) is 4.79 Å². The Morgan fingerprint density at radius 1 is 1.06 bits per heavy atom. The van der Waals surface area contributed by atoms with Gasteiger partial charge in [0, 0.05) is 13.0 Å². The molecular formula is C12H14Cl3NO2. The van der Waals surface area contributed by atoms with Crippen LogP contribution >= 0.6 is 34.8 Å². The number of hydrogen-bond donors (Lipinski definition) is 2. The molecule has 100 valence electrons. The fourth-order valence-corrected chi connectivity index (χ4v) is 2.07. The summed E-state index contributed by atoms with van der Waals surface area (Å²) in [7, 11) is 0. The first kappa shape index (κ1) is 15.4. The van der Waals surface area contributed by atoms with Gasteiger partial charge in [0.2, 0.25) is 0 Å². The average Bonchev–Trinajstić information content (AvgIpc) is 2.29. The molecule has 0 heterocycles. The third kappa shape index (κ3) is 5.34. The second-order valence-corrected chi connectivity index (χ2v) is 5.10. The zero-order valence-corrected chi connectivity index (χ0v) is 11.9. The molecule has 0 saturated carbocycles. The molecule has 1 aromatic carbocycles. The lowest BCUT2D eigenvalue weighted by Gasteiger charge is -2.09. The Kier molecular flexibility index (Phi) is 6.61. The summed E-state index contributed by atoms with van der Waals surface area (Å²) in [6.07, 6.45) is 2.64. The van der Waals surface area contributed by atoms with E-state index in [-0.39, 0.29) is 6.42 Å². The minimum absolute atomic E-state index is 0.216. The van der Waals surface area contributed by atoms with Gasteiger partial charge in [-0.15, -0.1) is 0 Å². The van der Waals surface area contributed by atoms with Crippen molar-refractivity contribution in [2.24, 2.45) is 0 Å². The summed E-state index contributed by atoms with van der Waals surface area (Å²) in [5.74, 6) is -0.754. The zero-order valence-electron chi connectivity index (χ0n) is 9.68. The van der Waals surface area contributed by atoms with Gasteiger partial charge in [-0.3, -0.25) is 4.79 Å². The fraction of sp³-hybridized carbons (Fsp3) is 0.417. The van der Waals surface area contributed by atoms with Gasteiger partial charge in [0.1, 0.15) is 0 Å². The van der Waals surface area contributed by atoms with E-state index < -0.39 is 5.97 Å². The van der Waals surface area contributed by atoms with Crippen molar-refractivity contribution in [3.63, 3.8) is 0 Å².